The number of hydrogen-bond acceptors (Lipinski definition) is 7. The van der Waals surface area contributed by atoms with Crippen LogP contribution < -0.4 is 0 Å². The van der Waals surface area contributed by atoms with Crippen LogP contribution in [0.3, 0.4) is 0 Å². The zero-order valence-electron chi connectivity index (χ0n) is 15.8. The van der Waals surface area contributed by atoms with E-state index < -0.39 is 16.1 Å². The number of methoxy groups -OCH3 is 1. The molecular weight excluding hydrogens is 382 g/mol. The number of hydrogen-bond donors (Lipinski definition) is 1. The van der Waals surface area contributed by atoms with Crippen molar-refractivity contribution in [2.45, 2.75) is 33.0 Å². The molecule has 1 amide bonds. The molecule has 0 aliphatic carbocycles. The zero-order valence-corrected chi connectivity index (χ0v) is 16.6. The lowest BCUT2D eigenvalue weighted by Gasteiger charge is -2.22. The Morgan fingerprint density at radius 3 is 2.71 bits per heavy atom. The number of nitrogens with one attached hydrogen (secondary N) is 1. The molecule has 10 heteroatoms. The summed E-state index contributed by atoms with van der Waals surface area (Å²) < 4.78 is 31.2. The summed E-state index contributed by atoms with van der Waals surface area (Å²) >= 11 is 0. The predicted molar refractivity (Wildman–Crippen MR) is 102 cm³/mol. The summed E-state index contributed by atoms with van der Waals surface area (Å²) in [4.78, 5) is 18.6. The molecule has 1 aliphatic heterocycles. The lowest BCUT2D eigenvalue weighted by atomic mass is 10.1. The average Bonchev–Trinajstić information content (AvgIpc) is 3.24. The van der Waals surface area contributed by atoms with Crippen molar-refractivity contribution in [3.8, 4) is 0 Å². The van der Waals surface area contributed by atoms with Crippen LogP contribution >= 0.6 is 0 Å². The van der Waals surface area contributed by atoms with Crippen LogP contribution in [0.15, 0.2) is 35.5 Å². The largest absolute Gasteiger partial charge is 0.365 e. The van der Waals surface area contributed by atoms with Gasteiger partial charge in [0.15, 0.2) is 6.10 Å². The average molecular weight is 403 g/mol. The van der Waals surface area contributed by atoms with E-state index in [0.29, 0.717) is 17.0 Å². The molecule has 0 spiro atoms. The van der Waals surface area contributed by atoms with E-state index in [0.717, 1.165) is 15.9 Å². The van der Waals surface area contributed by atoms with Gasteiger partial charge in [0, 0.05) is 37.8 Å². The van der Waals surface area contributed by atoms with Crippen LogP contribution in [0.25, 0.3) is 0 Å². The Bertz CT molecular complexity index is 1030. The minimum absolute atomic E-state index is 0.147. The van der Waals surface area contributed by atoms with E-state index in [-0.39, 0.29) is 23.9 Å². The van der Waals surface area contributed by atoms with Gasteiger partial charge in [-0.2, -0.15) is 17.6 Å². The second kappa shape index (κ2) is 7.64. The SMILES string of the molecule is C/C=C(\C=N)S(=O)(=O)n1cc2c(n1)CN(C(=O)C(OC)c1ncccc1C)C2. The highest BCUT2D eigenvalue weighted by atomic mass is 32.2. The maximum atomic E-state index is 12.9. The van der Waals surface area contributed by atoms with E-state index in [9.17, 15) is 13.2 Å². The summed E-state index contributed by atoms with van der Waals surface area (Å²) in [6, 6.07) is 3.65. The lowest BCUT2D eigenvalue weighted by molar-refractivity contribution is -0.143. The van der Waals surface area contributed by atoms with Gasteiger partial charge in [-0.15, -0.1) is 0 Å². The normalized spacial score (nSPS) is 15.4. The zero-order chi connectivity index (χ0) is 20.5. The van der Waals surface area contributed by atoms with Crippen molar-refractivity contribution in [1.82, 2.24) is 19.1 Å². The molecule has 9 nitrogen and oxygen atoms in total. The molecule has 1 aliphatic rings. The third-order valence-electron chi connectivity index (χ3n) is 4.60. The first-order valence-electron chi connectivity index (χ1n) is 8.56. The van der Waals surface area contributed by atoms with Crippen LogP contribution in [-0.2, 0) is 32.6 Å². The van der Waals surface area contributed by atoms with Crippen LogP contribution in [0.4, 0.5) is 0 Å². The molecule has 0 fully saturated rings. The summed E-state index contributed by atoms with van der Waals surface area (Å²) in [6.07, 6.45) is 4.27. The van der Waals surface area contributed by atoms with Crippen molar-refractivity contribution in [1.29, 1.82) is 5.41 Å². The Morgan fingerprint density at radius 1 is 1.39 bits per heavy atom. The van der Waals surface area contributed by atoms with Crippen molar-refractivity contribution >= 4 is 22.1 Å². The lowest BCUT2D eigenvalue weighted by Crippen LogP contribution is -2.33. The molecule has 0 saturated heterocycles. The fourth-order valence-corrected chi connectivity index (χ4v) is 4.22. The summed E-state index contributed by atoms with van der Waals surface area (Å²) in [5, 5.41) is 11.4. The molecule has 1 unspecified atom stereocenters. The number of nitrogens with zero attached hydrogens (tertiary/aromatic N) is 4. The molecule has 1 N–H and O–H groups in total. The van der Waals surface area contributed by atoms with E-state index in [1.165, 1.54) is 19.4 Å². The van der Waals surface area contributed by atoms with Crippen molar-refractivity contribution in [2.24, 2.45) is 0 Å². The number of rotatable bonds is 6. The maximum Gasteiger partial charge on any atom is 0.284 e. The highest BCUT2D eigenvalue weighted by Gasteiger charge is 2.34. The number of carbonyl (C=O) groups is 1. The molecule has 0 saturated carbocycles. The number of carbonyl (C=O) groups excluding carboxylic acids is 1. The van der Waals surface area contributed by atoms with Crippen LogP contribution in [0.1, 0.15) is 35.5 Å². The molecule has 0 bridgehead atoms. The minimum atomic E-state index is -3.90. The highest BCUT2D eigenvalue weighted by molar-refractivity contribution is 7.94. The maximum absolute atomic E-state index is 12.9. The van der Waals surface area contributed by atoms with Gasteiger partial charge in [0.2, 0.25) is 0 Å². The monoisotopic (exact) mass is 403 g/mol. The van der Waals surface area contributed by atoms with Crippen LogP contribution in [0.2, 0.25) is 0 Å². The Kier molecular flexibility index (Phi) is 5.43. The molecule has 2 aromatic heterocycles. The van der Waals surface area contributed by atoms with Gasteiger partial charge >= 0.3 is 0 Å². The Labute approximate surface area is 163 Å². The third kappa shape index (κ3) is 3.36. The van der Waals surface area contributed by atoms with Crippen molar-refractivity contribution in [3.05, 3.63) is 58.0 Å². The van der Waals surface area contributed by atoms with Crippen LogP contribution in [0.5, 0.6) is 0 Å². The van der Waals surface area contributed by atoms with Gasteiger partial charge < -0.3 is 15.0 Å². The summed E-state index contributed by atoms with van der Waals surface area (Å²) in [5.41, 5.74) is 2.55. The Morgan fingerprint density at radius 2 is 2.14 bits per heavy atom. The molecule has 28 heavy (non-hydrogen) atoms. The Hall–Kier alpha value is -2.85. The van der Waals surface area contributed by atoms with Gasteiger partial charge in [-0.25, -0.2) is 0 Å². The standard InChI is InChI=1S/C18H21N5O4S/c1-4-14(8-19)28(25,26)23-10-13-9-22(11-15(13)21-23)18(24)17(27-3)16-12(2)6-5-7-20-16/h4-8,10,17,19H,9,11H2,1-3H3/b14-4+,19-8?. The molecule has 1 atom stereocenters. The van der Waals surface area contributed by atoms with Gasteiger partial charge in [-0.05, 0) is 25.5 Å². The molecule has 0 aromatic carbocycles. The van der Waals surface area contributed by atoms with E-state index in [4.69, 9.17) is 10.1 Å². The smallest absolute Gasteiger partial charge is 0.284 e. The van der Waals surface area contributed by atoms with Gasteiger partial charge in [0.25, 0.3) is 15.9 Å². The number of ether oxygens (including phenoxy) is 1. The number of amides is 1. The predicted octanol–water partition coefficient (Wildman–Crippen LogP) is 1.55. The summed E-state index contributed by atoms with van der Waals surface area (Å²) in [7, 11) is -2.45. The second-order valence-corrected chi connectivity index (χ2v) is 8.13. The van der Waals surface area contributed by atoms with Crippen molar-refractivity contribution in [2.75, 3.05) is 7.11 Å². The number of aromatic nitrogens is 3. The number of allylic oxidation sites excluding steroid dienone is 2. The van der Waals surface area contributed by atoms with E-state index in [1.54, 1.807) is 24.1 Å². The summed E-state index contributed by atoms with van der Waals surface area (Å²) in [6.45, 7) is 3.81. The van der Waals surface area contributed by atoms with E-state index >= 15 is 0 Å². The van der Waals surface area contributed by atoms with Gasteiger partial charge in [0.05, 0.1) is 17.9 Å². The molecule has 3 rings (SSSR count). The van der Waals surface area contributed by atoms with Gasteiger partial charge in [0.1, 0.15) is 4.91 Å². The highest BCUT2D eigenvalue weighted by Crippen LogP contribution is 2.28. The number of fused-ring (bicyclic) bond motifs is 1. The quantitative estimate of drug-likeness (QED) is 0.731. The second-order valence-electron chi connectivity index (χ2n) is 6.33. The fraction of sp³-hybridized carbons (Fsp3) is 0.333. The van der Waals surface area contributed by atoms with Gasteiger partial charge in [-0.3, -0.25) is 9.78 Å². The number of pyridine rings is 1. The number of aryl methyl sites for hydroxylation is 1. The Balaban J connectivity index is 1.82. The first-order valence-corrected chi connectivity index (χ1v) is 10.00. The minimum Gasteiger partial charge on any atom is -0.365 e. The topological polar surface area (TPSA) is 118 Å². The molecular formula is C18H21N5O4S. The van der Waals surface area contributed by atoms with Crippen LogP contribution in [-0.4, -0.2) is 46.7 Å². The molecule has 148 valence electrons. The fourth-order valence-electron chi connectivity index (χ4n) is 3.09. The van der Waals surface area contributed by atoms with Crippen molar-refractivity contribution in [3.63, 3.8) is 0 Å². The molecule has 2 aromatic rings. The molecule has 3 heterocycles. The first-order chi connectivity index (χ1) is 13.3. The van der Waals surface area contributed by atoms with Crippen LogP contribution in [0, 0.1) is 12.3 Å². The third-order valence-corrected chi connectivity index (χ3v) is 6.23. The first kappa shape index (κ1) is 19.9. The molecule has 0 radical (unpaired) electrons. The van der Waals surface area contributed by atoms with Crippen molar-refractivity contribution < 1.29 is 17.9 Å². The van der Waals surface area contributed by atoms with E-state index in [2.05, 4.69) is 10.1 Å². The van der Waals surface area contributed by atoms with E-state index in [1.807, 2.05) is 13.0 Å². The summed E-state index contributed by atoms with van der Waals surface area (Å²) in [5.74, 6) is -0.259. The van der Waals surface area contributed by atoms with Gasteiger partial charge in [-0.1, -0.05) is 12.1 Å².